The molecule has 2 aliphatic rings. The molecular formula is C25H32N6O4. The zero-order valence-corrected chi connectivity index (χ0v) is 19.9. The number of nitrogens with one attached hydrogen (secondary N) is 3. The van der Waals surface area contributed by atoms with E-state index >= 15 is 0 Å². The number of nitrogens with zero attached hydrogens (tertiary/aromatic N) is 3. The van der Waals surface area contributed by atoms with Crippen molar-refractivity contribution in [1.82, 2.24) is 25.5 Å². The largest absolute Gasteiger partial charge is 0.481 e. The molecule has 1 saturated heterocycles. The lowest BCUT2D eigenvalue weighted by Gasteiger charge is -2.26. The molecule has 0 radical (unpaired) electrons. The Bertz CT molecular complexity index is 1060. The Hall–Kier alpha value is -3.53. The number of aryl methyl sites for hydroxylation is 1. The zero-order chi connectivity index (χ0) is 24.8. The van der Waals surface area contributed by atoms with E-state index in [1.165, 1.54) is 10.5 Å². The van der Waals surface area contributed by atoms with Gasteiger partial charge in [-0.2, -0.15) is 0 Å². The average Bonchev–Trinajstić information content (AvgIpc) is 3.21. The van der Waals surface area contributed by atoms with Crippen LogP contribution in [0.1, 0.15) is 49.0 Å². The zero-order valence-electron chi connectivity index (χ0n) is 19.9. The van der Waals surface area contributed by atoms with Gasteiger partial charge in [-0.25, -0.2) is 4.98 Å². The third-order valence-electron chi connectivity index (χ3n) is 6.63. The van der Waals surface area contributed by atoms with Crippen LogP contribution in [0.15, 0.2) is 36.7 Å². The highest BCUT2D eigenvalue weighted by Crippen LogP contribution is 2.25. The molecule has 186 valence electrons. The maximum absolute atomic E-state index is 12.9. The first-order valence-electron chi connectivity index (χ1n) is 12.1. The molecule has 4 heterocycles. The summed E-state index contributed by atoms with van der Waals surface area (Å²) < 4.78 is 0. The maximum Gasteiger partial charge on any atom is 0.308 e. The molecule has 4 rings (SSSR count). The summed E-state index contributed by atoms with van der Waals surface area (Å²) in [4.78, 5) is 47.7. The van der Waals surface area contributed by atoms with E-state index in [-0.39, 0.29) is 18.5 Å². The van der Waals surface area contributed by atoms with E-state index in [0.717, 1.165) is 30.9 Å². The molecule has 35 heavy (non-hydrogen) atoms. The molecule has 0 bridgehead atoms. The van der Waals surface area contributed by atoms with E-state index in [1.54, 1.807) is 31.5 Å². The number of pyridine rings is 2. The summed E-state index contributed by atoms with van der Waals surface area (Å²) in [5.74, 6) is -1.41. The summed E-state index contributed by atoms with van der Waals surface area (Å²) >= 11 is 0. The number of anilines is 1. The number of amides is 2. The predicted molar refractivity (Wildman–Crippen MR) is 129 cm³/mol. The number of rotatable bonds is 10. The molecule has 1 fully saturated rings. The van der Waals surface area contributed by atoms with Crippen molar-refractivity contribution in [3.8, 4) is 0 Å². The van der Waals surface area contributed by atoms with Gasteiger partial charge in [-0.1, -0.05) is 19.1 Å². The number of hydrogen-bond acceptors (Lipinski definition) is 7. The minimum Gasteiger partial charge on any atom is -0.481 e. The van der Waals surface area contributed by atoms with Crippen molar-refractivity contribution in [2.45, 2.75) is 51.2 Å². The van der Waals surface area contributed by atoms with Crippen molar-refractivity contribution in [2.24, 2.45) is 5.92 Å². The lowest BCUT2D eigenvalue weighted by Crippen LogP contribution is -2.45. The van der Waals surface area contributed by atoms with Crippen LogP contribution < -0.4 is 16.0 Å². The summed E-state index contributed by atoms with van der Waals surface area (Å²) in [7, 11) is 0. The van der Waals surface area contributed by atoms with Crippen LogP contribution in [0.5, 0.6) is 0 Å². The first kappa shape index (κ1) is 24.6. The van der Waals surface area contributed by atoms with Crippen LogP contribution in [0.3, 0.4) is 0 Å². The third kappa shape index (κ3) is 5.94. The van der Waals surface area contributed by atoms with Gasteiger partial charge < -0.3 is 26.0 Å². The molecule has 2 amide bonds. The van der Waals surface area contributed by atoms with Gasteiger partial charge in [0.2, 0.25) is 11.8 Å². The Morgan fingerprint density at radius 3 is 2.91 bits per heavy atom. The smallest absolute Gasteiger partial charge is 0.308 e. The van der Waals surface area contributed by atoms with Gasteiger partial charge in [0, 0.05) is 32.0 Å². The SMILES string of the molecule is CCC(C(=O)O)[C@H](NC(=O)CN1CC[C@H](NCc2ccc3c(n2)NCCC3)C1=O)c1cccnc1. The van der Waals surface area contributed by atoms with Crippen LogP contribution in [0.4, 0.5) is 5.82 Å². The van der Waals surface area contributed by atoms with Gasteiger partial charge in [-0.3, -0.25) is 19.4 Å². The Balaban J connectivity index is 1.33. The summed E-state index contributed by atoms with van der Waals surface area (Å²) in [5.41, 5.74) is 2.70. The fraction of sp³-hybridized carbons (Fsp3) is 0.480. The van der Waals surface area contributed by atoms with Gasteiger partial charge >= 0.3 is 5.97 Å². The summed E-state index contributed by atoms with van der Waals surface area (Å²) in [6.07, 6.45) is 6.21. The number of carbonyl (C=O) groups excluding carboxylic acids is 2. The summed E-state index contributed by atoms with van der Waals surface area (Å²) in [6.45, 7) is 3.48. The molecule has 0 saturated carbocycles. The fourth-order valence-corrected chi connectivity index (χ4v) is 4.70. The first-order valence-corrected chi connectivity index (χ1v) is 12.1. The topological polar surface area (TPSA) is 137 Å². The van der Waals surface area contributed by atoms with Crippen LogP contribution in [0.2, 0.25) is 0 Å². The second-order valence-corrected chi connectivity index (χ2v) is 9.01. The van der Waals surface area contributed by atoms with Crippen molar-refractivity contribution in [3.63, 3.8) is 0 Å². The van der Waals surface area contributed by atoms with Gasteiger partial charge in [0.25, 0.3) is 0 Å². The third-order valence-corrected chi connectivity index (χ3v) is 6.63. The van der Waals surface area contributed by atoms with E-state index in [1.807, 2.05) is 6.07 Å². The second-order valence-electron chi connectivity index (χ2n) is 9.01. The van der Waals surface area contributed by atoms with Crippen LogP contribution >= 0.6 is 0 Å². The normalized spacial score (nSPS) is 18.9. The minimum absolute atomic E-state index is 0.120. The number of hydrogen-bond donors (Lipinski definition) is 4. The Labute approximate surface area is 204 Å². The first-order chi connectivity index (χ1) is 17.0. The molecule has 2 aliphatic heterocycles. The number of aromatic nitrogens is 2. The number of likely N-dealkylation sites (tertiary alicyclic amines) is 1. The standard InChI is InChI=1S/C25H32N6O4/c1-2-19(25(34)35)22(17-6-3-10-26-13-17)30-21(32)15-31-12-9-20(24(31)33)28-14-18-8-7-16-5-4-11-27-23(16)29-18/h3,6-8,10,13,19-20,22,28H,2,4-5,9,11-12,14-15H2,1H3,(H,27,29)(H,30,32)(H,34,35)/t19?,20-,22+/m0/s1. The summed E-state index contributed by atoms with van der Waals surface area (Å²) in [6, 6.07) is 6.40. The van der Waals surface area contributed by atoms with E-state index in [4.69, 9.17) is 0 Å². The summed E-state index contributed by atoms with van der Waals surface area (Å²) in [5, 5.41) is 19.1. The van der Waals surface area contributed by atoms with Gasteiger partial charge in [-0.15, -0.1) is 0 Å². The van der Waals surface area contributed by atoms with Crippen molar-refractivity contribution >= 4 is 23.6 Å². The molecule has 0 aliphatic carbocycles. The van der Waals surface area contributed by atoms with E-state index in [0.29, 0.717) is 31.5 Å². The molecule has 0 aromatic carbocycles. The highest BCUT2D eigenvalue weighted by Gasteiger charge is 2.34. The van der Waals surface area contributed by atoms with Crippen LogP contribution in [-0.2, 0) is 27.3 Å². The highest BCUT2D eigenvalue weighted by molar-refractivity contribution is 5.89. The van der Waals surface area contributed by atoms with E-state index in [2.05, 4.69) is 32.0 Å². The highest BCUT2D eigenvalue weighted by atomic mass is 16.4. The number of carboxylic acid groups (broad SMARTS) is 1. The van der Waals surface area contributed by atoms with Crippen LogP contribution in [0, 0.1) is 5.92 Å². The molecule has 0 spiro atoms. The van der Waals surface area contributed by atoms with Gasteiger partial charge in [0.1, 0.15) is 5.82 Å². The number of carboxylic acids is 1. The van der Waals surface area contributed by atoms with E-state index in [9.17, 15) is 19.5 Å². The Morgan fingerprint density at radius 2 is 2.17 bits per heavy atom. The van der Waals surface area contributed by atoms with E-state index < -0.39 is 23.8 Å². The second kappa shape index (κ2) is 11.3. The molecular weight excluding hydrogens is 448 g/mol. The number of carbonyl (C=O) groups is 3. The predicted octanol–water partition coefficient (Wildman–Crippen LogP) is 1.49. The van der Waals surface area contributed by atoms with Crippen molar-refractivity contribution in [2.75, 3.05) is 25.0 Å². The molecule has 10 heteroatoms. The Kier molecular flexibility index (Phi) is 7.91. The fourth-order valence-electron chi connectivity index (χ4n) is 4.70. The molecule has 3 atom stereocenters. The van der Waals surface area contributed by atoms with Gasteiger partial charge in [0.05, 0.1) is 30.2 Å². The van der Waals surface area contributed by atoms with Crippen LogP contribution in [0.25, 0.3) is 0 Å². The minimum atomic E-state index is -0.992. The molecule has 2 aromatic heterocycles. The monoisotopic (exact) mass is 480 g/mol. The molecule has 10 nitrogen and oxygen atoms in total. The van der Waals surface area contributed by atoms with Crippen molar-refractivity contribution in [1.29, 1.82) is 0 Å². The number of aliphatic carboxylic acids is 1. The van der Waals surface area contributed by atoms with Gasteiger partial charge in [-0.05, 0) is 48.9 Å². The number of fused-ring (bicyclic) bond motifs is 1. The lowest BCUT2D eigenvalue weighted by molar-refractivity contribution is -0.143. The maximum atomic E-state index is 12.9. The van der Waals surface area contributed by atoms with Gasteiger partial charge in [0.15, 0.2) is 0 Å². The Morgan fingerprint density at radius 1 is 1.31 bits per heavy atom. The van der Waals surface area contributed by atoms with Crippen molar-refractivity contribution < 1.29 is 19.5 Å². The van der Waals surface area contributed by atoms with Crippen molar-refractivity contribution in [3.05, 3.63) is 53.5 Å². The average molecular weight is 481 g/mol. The van der Waals surface area contributed by atoms with Crippen LogP contribution in [-0.4, -0.2) is 63.4 Å². The molecule has 2 aromatic rings. The quantitative estimate of drug-likeness (QED) is 0.402. The molecule has 1 unspecified atom stereocenters. The lowest BCUT2D eigenvalue weighted by atomic mass is 9.91. The molecule has 4 N–H and O–H groups in total.